The first-order chi connectivity index (χ1) is 10.1. The number of rotatable bonds is 2. The van der Waals surface area contributed by atoms with Crippen LogP contribution in [-0.2, 0) is 4.79 Å². The topological polar surface area (TPSA) is 68.0 Å². The van der Waals surface area contributed by atoms with E-state index in [1.54, 1.807) is 0 Å². The number of anilines is 1. The maximum absolute atomic E-state index is 12.5. The highest BCUT2D eigenvalue weighted by Gasteiger charge is 2.28. The number of nitrogens with zero attached hydrogens (tertiary/aromatic N) is 1. The van der Waals surface area contributed by atoms with Crippen molar-refractivity contribution in [1.29, 1.82) is 0 Å². The van der Waals surface area contributed by atoms with Gasteiger partial charge in [-0.1, -0.05) is 31.0 Å². The highest BCUT2D eigenvalue weighted by atomic mass is 16.1. The molecule has 110 valence electrons. The maximum atomic E-state index is 12.5. The van der Waals surface area contributed by atoms with Gasteiger partial charge in [0.1, 0.15) is 0 Å². The van der Waals surface area contributed by atoms with Crippen LogP contribution in [0.1, 0.15) is 31.4 Å². The zero-order chi connectivity index (χ0) is 14.8. The lowest BCUT2D eigenvalue weighted by atomic mass is 9.84. The van der Waals surface area contributed by atoms with Crippen LogP contribution in [0, 0.1) is 12.8 Å². The normalized spacial score (nSPS) is 22.2. The molecule has 0 radical (unpaired) electrons. The molecule has 2 unspecified atom stereocenters. The lowest BCUT2D eigenvalue weighted by molar-refractivity contribution is -0.121. The van der Waals surface area contributed by atoms with Crippen LogP contribution < -0.4 is 11.1 Å². The van der Waals surface area contributed by atoms with Crippen LogP contribution in [0.4, 0.5) is 5.69 Å². The molecule has 4 heteroatoms. The Labute approximate surface area is 124 Å². The van der Waals surface area contributed by atoms with Gasteiger partial charge >= 0.3 is 0 Å². The highest BCUT2D eigenvalue weighted by Crippen LogP contribution is 2.27. The fourth-order valence-electron chi connectivity index (χ4n) is 3.12. The van der Waals surface area contributed by atoms with Gasteiger partial charge in [-0.3, -0.25) is 9.78 Å². The number of fused-ring (bicyclic) bond motifs is 1. The molecule has 0 spiro atoms. The molecule has 0 saturated heterocycles. The molecule has 1 aliphatic carbocycles. The molecule has 1 aliphatic rings. The Morgan fingerprint density at radius 1 is 1.29 bits per heavy atom. The van der Waals surface area contributed by atoms with Gasteiger partial charge in [-0.05, 0) is 31.9 Å². The van der Waals surface area contributed by atoms with E-state index in [9.17, 15) is 4.79 Å². The predicted molar refractivity (Wildman–Crippen MR) is 85.0 cm³/mol. The van der Waals surface area contributed by atoms with Gasteiger partial charge in [0.05, 0.1) is 17.1 Å². The van der Waals surface area contributed by atoms with Crippen molar-refractivity contribution in [1.82, 2.24) is 4.98 Å². The summed E-state index contributed by atoms with van der Waals surface area (Å²) in [7, 11) is 0. The monoisotopic (exact) mass is 283 g/mol. The summed E-state index contributed by atoms with van der Waals surface area (Å²) in [4.78, 5) is 17.0. The van der Waals surface area contributed by atoms with Crippen LogP contribution in [0.2, 0.25) is 0 Å². The number of hydrogen-bond donors (Lipinski definition) is 2. The second-order valence-corrected chi connectivity index (χ2v) is 5.87. The minimum Gasteiger partial charge on any atom is -0.327 e. The zero-order valence-corrected chi connectivity index (χ0v) is 12.3. The smallest absolute Gasteiger partial charge is 0.229 e. The lowest BCUT2D eigenvalue weighted by Gasteiger charge is -2.27. The largest absolute Gasteiger partial charge is 0.327 e. The molecule has 2 atom stereocenters. The second kappa shape index (κ2) is 5.82. The van der Waals surface area contributed by atoms with E-state index in [-0.39, 0.29) is 17.9 Å². The van der Waals surface area contributed by atoms with Crippen LogP contribution in [0.3, 0.4) is 0 Å². The number of hydrogen-bond acceptors (Lipinski definition) is 3. The quantitative estimate of drug-likeness (QED) is 0.890. The van der Waals surface area contributed by atoms with Gasteiger partial charge < -0.3 is 11.1 Å². The van der Waals surface area contributed by atoms with Gasteiger partial charge in [-0.25, -0.2) is 0 Å². The summed E-state index contributed by atoms with van der Waals surface area (Å²) in [6.45, 7) is 1.94. The maximum Gasteiger partial charge on any atom is 0.229 e. The highest BCUT2D eigenvalue weighted by molar-refractivity contribution is 6.02. The van der Waals surface area contributed by atoms with Crippen molar-refractivity contribution in [3.05, 3.63) is 36.0 Å². The summed E-state index contributed by atoms with van der Waals surface area (Å²) in [5, 5.41) is 4.04. The molecule has 1 fully saturated rings. The Kier molecular flexibility index (Phi) is 3.88. The van der Waals surface area contributed by atoms with E-state index in [4.69, 9.17) is 5.73 Å². The molecule has 2 aromatic rings. The van der Waals surface area contributed by atoms with Crippen LogP contribution >= 0.6 is 0 Å². The van der Waals surface area contributed by atoms with Gasteiger partial charge in [0.2, 0.25) is 5.91 Å². The van der Waals surface area contributed by atoms with Crippen molar-refractivity contribution in [2.45, 2.75) is 38.6 Å². The molecule has 4 nitrogen and oxygen atoms in total. The SMILES string of the molecule is Cc1cc(NC(=O)C2CCCCC2N)c2ccccc2n1. The molecule has 1 aromatic carbocycles. The second-order valence-electron chi connectivity index (χ2n) is 5.87. The van der Waals surface area contributed by atoms with Gasteiger partial charge in [0, 0.05) is 17.1 Å². The Balaban J connectivity index is 1.89. The summed E-state index contributed by atoms with van der Waals surface area (Å²) in [5.41, 5.74) is 8.74. The van der Waals surface area contributed by atoms with Crippen LogP contribution in [0.15, 0.2) is 30.3 Å². The van der Waals surface area contributed by atoms with Crippen molar-refractivity contribution in [2.75, 3.05) is 5.32 Å². The van der Waals surface area contributed by atoms with Crippen molar-refractivity contribution < 1.29 is 4.79 Å². The van der Waals surface area contributed by atoms with Crippen molar-refractivity contribution in [3.8, 4) is 0 Å². The third-order valence-electron chi connectivity index (χ3n) is 4.26. The summed E-state index contributed by atoms with van der Waals surface area (Å²) < 4.78 is 0. The first-order valence-electron chi connectivity index (χ1n) is 7.58. The molecule has 3 N–H and O–H groups in total. The standard InChI is InChI=1S/C17H21N3O/c1-11-10-16(13-7-3-5-9-15(13)19-11)20-17(21)12-6-2-4-8-14(12)18/h3,5,7,9-10,12,14H,2,4,6,8,18H2,1H3,(H,19,20,21). The lowest BCUT2D eigenvalue weighted by Crippen LogP contribution is -2.40. The molecule has 1 saturated carbocycles. The molecule has 1 heterocycles. The van der Waals surface area contributed by atoms with Gasteiger partial charge in [0.15, 0.2) is 0 Å². The number of nitrogens with one attached hydrogen (secondary N) is 1. The molecule has 1 aromatic heterocycles. The molecule has 1 amide bonds. The van der Waals surface area contributed by atoms with Gasteiger partial charge in [-0.15, -0.1) is 0 Å². The Morgan fingerprint density at radius 2 is 2.05 bits per heavy atom. The van der Waals surface area contributed by atoms with E-state index < -0.39 is 0 Å². The Hall–Kier alpha value is -1.94. The zero-order valence-electron chi connectivity index (χ0n) is 12.3. The minimum atomic E-state index is -0.0778. The number of para-hydroxylation sites is 1. The van der Waals surface area contributed by atoms with Crippen molar-refractivity contribution in [3.63, 3.8) is 0 Å². The predicted octanol–water partition coefficient (Wildman–Crippen LogP) is 3.00. The van der Waals surface area contributed by atoms with Gasteiger partial charge in [0.25, 0.3) is 0 Å². The van der Waals surface area contributed by atoms with E-state index in [1.807, 2.05) is 37.3 Å². The third kappa shape index (κ3) is 2.90. The fraction of sp³-hybridized carbons (Fsp3) is 0.412. The summed E-state index contributed by atoms with van der Waals surface area (Å²) >= 11 is 0. The van der Waals surface area contributed by atoms with E-state index in [1.165, 1.54) is 0 Å². The summed E-state index contributed by atoms with van der Waals surface area (Å²) in [6.07, 6.45) is 4.04. The molecule has 0 bridgehead atoms. The van der Waals surface area contributed by atoms with Crippen LogP contribution in [-0.4, -0.2) is 16.9 Å². The minimum absolute atomic E-state index is 0.0204. The first-order valence-corrected chi connectivity index (χ1v) is 7.58. The van der Waals surface area contributed by atoms with E-state index >= 15 is 0 Å². The fourth-order valence-corrected chi connectivity index (χ4v) is 3.12. The average molecular weight is 283 g/mol. The molecule has 3 rings (SSSR count). The number of pyridine rings is 1. The number of benzene rings is 1. The van der Waals surface area contributed by atoms with E-state index in [0.29, 0.717) is 0 Å². The number of carbonyl (C=O) groups is 1. The number of nitrogens with two attached hydrogens (primary N) is 1. The number of aryl methyl sites for hydroxylation is 1. The number of carbonyl (C=O) groups excluding carboxylic acids is 1. The summed E-state index contributed by atoms with van der Waals surface area (Å²) in [5.74, 6) is -0.0380. The molecule has 0 aliphatic heterocycles. The molecule has 21 heavy (non-hydrogen) atoms. The van der Waals surface area contributed by atoms with Crippen LogP contribution in [0.25, 0.3) is 10.9 Å². The van der Waals surface area contributed by atoms with E-state index in [2.05, 4.69) is 10.3 Å². The van der Waals surface area contributed by atoms with E-state index in [0.717, 1.165) is 48.0 Å². The van der Waals surface area contributed by atoms with Gasteiger partial charge in [-0.2, -0.15) is 0 Å². The van der Waals surface area contributed by atoms with Crippen molar-refractivity contribution >= 4 is 22.5 Å². The first kappa shape index (κ1) is 14.0. The Bertz CT molecular complexity index is 668. The van der Waals surface area contributed by atoms with Crippen LogP contribution in [0.5, 0.6) is 0 Å². The molecular weight excluding hydrogens is 262 g/mol. The van der Waals surface area contributed by atoms with Crippen molar-refractivity contribution in [2.24, 2.45) is 11.7 Å². The Morgan fingerprint density at radius 3 is 2.86 bits per heavy atom. The number of amides is 1. The number of aromatic nitrogens is 1. The average Bonchev–Trinajstić information content (AvgIpc) is 2.47. The third-order valence-corrected chi connectivity index (χ3v) is 4.26. The molecular formula is C17H21N3O. The summed E-state index contributed by atoms with van der Waals surface area (Å²) in [6, 6.07) is 9.77.